The van der Waals surface area contributed by atoms with Crippen molar-refractivity contribution in [3.63, 3.8) is 0 Å². The Morgan fingerprint density at radius 3 is 2.50 bits per heavy atom. The fourth-order valence-electron chi connectivity index (χ4n) is 2.68. The SMILES string of the molecule is CC(C)Oc1ccc(CN=C(N)N2CCN(c3ncccn3)CC2)cn1. The molecule has 26 heavy (non-hydrogen) atoms. The van der Waals surface area contributed by atoms with Gasteiger partial charge in [-0.2, -0.15) is 0 Å². The van der Waals surface area contributed by atoms with Crippen LogP contribution in [0.1, 0.15) is 19.4 Å². The molecule has 2 aromatic heterocycles. The van der Waals surface area contributed by atoms with Crippen molar-refractivity contribution >= 4 is 11.9 Å². The van der Waals surface area contributed by atoms with Crippen LogP contribution in [-0.4, -0.2) is 58.1 Å². The summed E-state index contributed by atoms with van der Waals surface area (Å²) in [6.45, 7) is 7.70. The number of anilines is 1. The number of aromatic nitrogens is 3. The van der Waals surface area contributed by atoms with Crippen molar-refractivity contribution in [2.24, 2.45) is 10.7 Å². The molecular weight excluding hydrogens is 330 g/mol. The van der Waals surface area contributed by atoms with E-state index in [2.05, 4.69) is 29.7 Å². The van der Waals surface area contributed by atoms with Gasteiger partial charge in [0.15, 0.2) is 5.96 Å². The van der Waals surface area contributed by atoms with Crippen molar-refractivity contribution in [3.05, 3.63) is 42.4 Å². The molecule has 3 heterocycles. The summed E-state index contributed by atoms with van der Waals surface area (Å²) in [5.74, 6) is 1.94. The number of hydrogen-bond acceptors (Lipinski definition) is 6. The van der Waals surface area contributed by atoms with Crippen LogP contribution in [0.25, 0.3) is 0 Å². The van der Waals surface area contributed by atoms with Gasteiger partial charge in [0, 0.05) is 50.8 Å². The molecule has 138 valence electrons. The number of ether oxygens (including phenoxy) is 1. The highest BCUT2D eigenvalue weighted by molar-refractivity contribution is 5.78. The van der Waals surface area contributed by atoms with Gasteiger partial charge in [0.05, 0.1) is 12.6 Å². The zero-order valence-corrected chi connectivity index (χ0v) is 15.2. The fraction of sp³-hybridized carbons (Fsp3) is 0.444. The average Bonchev–Trinajstić information content (AvgIpc) is 2.67. The maximum absolute atomic E-state index is 6.16. The molecule has 0 amide bonds. The van der Waals surface area contributed by atoms with Gasteiger partial charge in [0.25, 0.3) is 0 Å². The van der Waals surface area contributed by atoms with Crippen LogP contribution in [0.5, 0.6) is 5.88 Å². The van der Waals surface area contributed by atoms with E-state index in [1.165, 1.54) is 0 Å². The minimum Gasteiger partial charge on any atom is -0.475 e. The number of guanidine groups is 1. The molecule has 2 N–H and O–H groups in total. The number of nitrogens with zero attached hydrogens (tertiary/aromatic N) is 6. The highest BCUT2D eigenvalue weighted by atomic mass is 16.5. The summed E-state index contributed by atoms with van der Waals surface area (Å²) in [7, 11) is 0. The van der Waals surface area contributed by atoms with Crippen LogP contribution in [-0.2, 0) is 6.54 Å². The van der Waals surface area contributed by atoms with Gasteiger partial charge in [-0.1, -0.05) is 6.07 Å². The molecule has 3 rings (SSSR count). The third-order valence-electron chi connectivity index (χ3n) is 4.02. The van der Waals surface area contributed by atoms with Gasteiger partial charge in [0.1, 0.15) is 0 Å². The Hall–Kier alpha value is -2.90. The second-order valence-electron chi connectivity index (χ2n) is 6.37. The molecule has 0 aliphatic carbocycles. The standard InChI is InChI=1S/C18H25N7O/c1-14(2)26-16-5-4-15(12-22-16)13-23-17(19)24-8-10-25(11-9-24)18-20-6-3-7-21-18/h3-7,12,14H,8-11,13H2,1-2H3,(H2,19,23). The number of aliphatic imine (C=N–C) groups is 1. The predicted molar refractivity (Wildman–Crippen MR) is 101 cm³/mol. The quantitative estimate of drug-likeness (QED) is 0.638. The van der Waals surface area contributed by atoms with Gasteiger partial charge >= 0.3 is 0 Å². The van der Waals surface area contributed by atoms with Crippen LogP contribution >= 0.6 is 0 Å². The van der Waals surface area contributed by atoms with Crippen molar-refractivity contribution in [2.75, 3.05) is 31.1 Å². The maximum Gasteiger partial charge on any atom is 0.225 e. The van der Waals surface area contributed by atoms with Crippen LogP contribution in [0.4, 0.5) is 5.95 Å². The van der Waals surface area contributed by atoms with Gasteiger partial charge in [-0.15, -0.1) is 0 Å². The maximum atomic E-state index is 6.16. The highest BCUT2D eigenvalue weighted by Crippen LogP contribution is 2.12. The third kappa shape index (κ3) is 4.81. The van der Waals surface area contributed by atoms with Crippen molar-refractivity contribution in [2.45, 2.75) is 26.5 Å². The summed E-state index contributed by atoms with van der Waals surface area (Å²) in [4.78, 5) is 21.6. The Morgan fingerprint density at radius 1 is 1.15 bits per heavy atom. The van der Waals surface area contributed by atoms with Gasteiger partial charge in [-0.05, 0) is 25.5 Å². The van der Waals surface area contributed by atoms with E-state index < -0.39 is 0 Å². The summed E-state index contributed by atoms with van der Waals surface area (Å²) in [5.41, 5.74) is 7.16. The highest BCUT2D eigenvalue weighted by Gasteiger charge is 2.19. The van der Waals surface area contributed by atoms with E-state index in [1.54, 1.807) is 18.6 Å². The lowest BCUT2D eigenvalue weighted by atomic mass is 10.3. The van der Waals surface area contributed by atoms with E-state index in [0.29, 0.717) is 18.4 Å². The van der Waals surface area contributed by atoms with Crippen molar-refractivity contribution in [1.29, 1.82) is 0 Å². The molecule has 1 aliphatic rings. The Morgan fingerprint density at radius 2 is 1.88 bits per heavy atom. The lowest BCUT2D eigenvalue weighted by Gasteiger charge is -2.35. The van der Waals surface area contributed by atoms with Crippen LogP contribution in [0, 0.1) is 0 Å². The Balaban J connectivity index is 1.51. The van der Waals surface area contributed by atoms with Gasteiger partial charge in [0.2, 0.25) is 11.8 Å². The molecule has 8 heteroatoms. The first kappa shape index (κ1) is 17.9. The largest absolute Gasteiger partial charge is 0.475 e. The third-order valence-corrected chi connectivity index (χ3v) is 4.02. The van der Waals surface area contributed by atoms with E-state index in [4.69, 9.17) is 10.5 Å². The zero-order chi connectivity index (χ0) is 18.4. The summed E-state index contributed by atoms with van der Waals surface area (Å²) in [6, 6.07) is 5.65. The minimum absolute atomic E-state index is 0.113. The smallest absolute Gasteiger partial charge is 0.225 e. The van der Waals surface area contributed by atoms with Crippen LogP contribution in [0.2, 0.25) is 0 Å². The molecule has 0 radical (unpaired) electrons. The van der Waals surface area contributed by atoms with Crippen LogP contribution in [0.15, 0.2) is 41.8 Å². The fourth-order valence-corrected chi connectivity index (χ4v) is 2.68. The van der Waals surface area contributed by atoms with Crippen molar-refractivity contribution in [3.8, 4) is 5.88 Å². The number of rotatable bonds is 5. The second kappa shape index (κ2) is 8.46. The molecule has 0 unspecified atom stereocenters. The Kier molecular flexibility index (Phi) is 5.83. The molecule has 1 saturated heterocycles. The number of hydrogen-bond donors (Lipinski definition) is 1. The molecule has 0 aromatic carbocycles. The first-order chi connectivity index (χ1) is 12.6. The van der Waals surface area contributed by atoms with E-state index in [0.717, 1.165) is 37.7 Å². The molecule has 0 bridgehead atoms. The monoisotopic (exact) mass is 355 g/mol. The predicted octanol–water partition coefficient (Wildman–Crippen LogP) is 1.30. The molecule has 0 atom stereocenters. The first-order valence-electron chi connectivity index (χ1n) is 8.80. The normalized spacial score (nSPS) is 15.4. The molecule has 0 spiro atoms. The van der Waals surface area contributed by atoms with E-state index in [-0.39, 0.29) is 6.10 Å². The second-order valence-corrected chi connectivity index (χ2v) is 6.37. The first-order valence-corrected chi connectivity index (χ1v) is 8.80. The average molecular weight is 355 g/mol. The number of piperazine rings is 1. The minimum atomic E-state index is 0.113. The van der Waals surface area contributed by atoms with E-state index in [9.17, 15) is 0 Å². The molecule has 0 saturated carbocycles. The van der Waals surface area contributed by atoms with E-state index in [1.807, 2.05) is 32.0 Å². The van der Waals surface area contributed by atoms with Crippen LogP contribution < -0.4 is 15.4 Å². The molecule has 1 fully saturated rings. The topological polar surface area (TPSA) is 92.8 Å². The molecule has 2 aromatic rings. The van der Waals surface area contributed by atoms with Gasteiger partial charge < -0.3 is 20.3 Å². The van der Waals surface area contributed by atoms with E-state index >= 15 is 0 Å². The van der Waals surface area contributed by atoms with Crippen LogP contribution in [0.3, 0.4) is 0 Å². The molecular formula is C18H25N7O. The van der Waals surface area contributed by atoms with Crippen molar-refractivity contribution in [1.82, 2.24) is 19.9 Å². The Bertz CT molecular complexity index is 710. The lowest BCUT2D eigenvalue weighted by molar-refractivity contribution is 0.232. The summed E-state index contributed by atoms with van der Waals surface area (Å²) < 4.78 is 5.54. The summed E-state index contributed by atoms with van der Waals surface area (Å²) in [5, 5.41) is 0. The number of pyridine rings is 1. The summed E-state index contributed by atoms with van der Waals surface area (Å²) >= 11 is 0. The Labute approximate surface area is 153 Å². The lowest BCUT2D eigenvalue weighted by Crippen LogP contribution is -2.51. The zero-order valence-electron chi connectivity index (χ0n) is 15.2. The molecule has 1 aliphatic heterocycles. The van der Waals surface area contributed by atoms with Crippen molar-refractivity contribution < 1.29 is 4.74 Å². The molecule has 8 nitrogen and oxygen atoms in total. The summed E-state index contributed by atoms with van der Waals surface area (Å²) in [6.07, 6.45) is 5.41. The number of nitrogens with two attached hydrogens (primary N) is 1. The van der Waals surface area contributed by atoms with Gasteiger partial charge in [-0.3, -0.25) is 0 Å². The van der Waals surface area contributed by atoms with Gasteiger partial charge in [-0.25, -0.2) is 19.9 Å².